The lowest BCUT2D eigenvalue weighted by Crippen LogP contribution is -2.30. The van der Waals surface area contributed by atoms with Crippen LogP contribution in [0.2, 0.25) is 0 Å². The molecule has 1 aromatic heterocycles. The topological polar surface area (TPSA) is 68.3 Å². The largest absolute Gasteiger partial charge is 0.481 e. The Balaban J connectivity index is 1.68. The Morgan fingerprint density at radius 2 is 2.00 bits per heavy atom. The van der Waals surface area contributed by atoms with Crippen molar-refractivity contribution in [2.75, 3.05) is 5.32 Å². The van der Waals surface area contributed by atoms with Crippen molar-refractivity contribution in [1.82, 2.24) is 4.98 Å². The number of Topliss-reactive ketones (excluding diaryl/α,β-unsaturated/α-hetero) is 1. The van der Waals surface area contributed by atoms with E-state index in [0.29, 0.717) is 22.2 Å². The molecule has 1 aliphatic rings. The zero-order valence-electron chi connectivity index (χ0n) is 14.0. The van der Waals surface area contributed by atoms with Gasteiger partial charge in [-0.05, 0) is 30.9 Å². The summed E-state index contributed by atoms with van der Waals surface area (Å²) in [6.45, 7) is 5.80. The number of nitrogens with zero attached hydrogens (tertiary/aromatic N) is 1. The monoisotopic (exact) mass is 344 g/mol. The molecule has 0 fully saturated rings. The van der Waals surface area contributed by atoms with Gasteiger partial charge in [0.2, 0.25) is 0 Å². The molecule has 1 aliphatic carbocycles. The highest BCUT2D eigenvalue weighted by atomic mass is 32.1. The molecule has 5 nitrogen and oxygen atoms in total. The van der Waals surface area contributed by atoms with E-state index in [0.717, 1.165) is 12.1 Å². The van der Waals surface area contributed by atoms with Gasteiger partial charge in [-0.3, -0.25) is 14.9 Å². The zero-order chi connectivity index (χ0) is 17.3. The third-order valence-electron chi connectivity index (χ3n) is 3.89. The molecule has 0 saturated heterocycles. The number of hydrogen-bond acceptors (Lipinski definition) is 5. The quantitative estimate of drug-likeness (QED) is 0.918. The van der Waals surface area contributed by atoms with Crippen molar-refractivity contribution in [1.29, 1.82) is 0 Å². The highest BCUT2D eigenvalue weighted by Gasteiger charge is 2.34. The molecule has 3 rings (SSSR count). The number of thiazole rings is 1. The number of para-hydroxylation sites is 1. The number of anilines is 1. The number of ketones is 1. The van der Waals surface area contributed by atoms with Gasteiger partial charge in [-0.2, -0.15) is 0 Å². The summed E-state index contributed by atoms with van der Waals surface area (Å²) >= 11 is 1.25. The average Bonchev–Trinajstić information content (AvgIpc) is 2.89. The van der Waals surface area contributed by atoms with Gasteiger partial charge in [-0.15, -0.1) is 0 Å². The molecule has 0 radical (unpaired) electrons. The highest BCUT2D eigenvalue weighted by molar-refractivity contribution is 7.17. The maximum absolute atomic E-state index is 12.3. The SMILES string of the molecule is C[C@@H](Oc1ccccc1)C(=O)Nc1nc2c(s1)C(=O)CC(C)(C)C2. The van der Waals surface area contributed by atoms with Gasteiger partial charge in [-0.1, -0.05) is 43.4 Å². The molecule has 1 N–H and O–H groups in total. The van der Waals surface area contributed by atoms with E-state index in [9.17, 15) is 9.59 Å². The van der Waals surface area contributed by atoms with Crippen LogP contribution in [0.4, 0.5) is 5.13 Å². The van der Waals surface area contributed by atoms with Gasteiger partial charge in [0.25, 0.3) is 5.91 Å². The van der Waals surface area contributed by atoms with E-state index in [1.165, 1.54) is 11.3 Å². The number of amides is 1. The first-order valence-corrected chi connectivity index (χ1v) is 8.71. The second-order valence-electron chi connectivity index (χ2n) is 6.80. The molecule has 6 heteroatoms. The van der Waals surface area contributed by atoms with Crippen LogP contribution >= 0.6 is 11.3 Å². The summed E-state index contributed by atoms with van der Waals surface area (Å²) in [5.41, 5.74) is 0.705. The molecule has 1 heterocycles. The van der Waals surface area contributed by atoms with Crippen molar-refractivity contribution < 1.29 is 14.3 Å². The van der Waals surface area contributed by atoms with Crippen LogP contribution < -0.4 is 10.1 Å². The summed E-state index contributed by atoms with van der Waals surface area (Å²) in [4.78, 5) is 29.6. The van der Waals surface area contributed by atoms with Gasteiger partial charge in [0.05, 0.1) is 10.6 Å². The molecule has 1 aromatic carbocycles. The third kappa shape index (κ3) is 3.64. The fourth-order valence-electron chi connectivity index (χ4n) is 2.74. The van der Waals surface area contributed by atoms with Crippen molar-refractivity contribution in [3.05, 3.63) is 40.9 Å². The fraction of sp³-hybridized carbons (Fsp3) is 0.389. The van der Waals surface area contributed by atoms with Crippen LogP contribution in [-0.2, 0) is 11.2 Å². The van der Waals surface area contributed by atoms with Crippen molar-refractivity contribution in [2.24, 2.45) is 5.41 Å². The van der Waals surface area contributed by atoms with Crippen molar-refractivity contribution in [2.45, 2.75) is 39.7 Å². The minimum absolute atomic E-state index is 0.0802. The highest BCUT2D eigenvalue weighted by Crippen LogP contribution is 2.38. The molecule has 2 aromatic rings. The minimum atomic E-state index is -0.652. The number of nitrogens with one attached hydrogen (secondary N) is 1. The molecule has 0 aliphatic heterocycles. The summed E-state index contributed by atoms with van der Waals surface area (Å²) in [6.07, 6.45) is 0.611. The Bertz CT molecular complexity index is 768. The Kier molecular flexibility index (Phi) is 4.41. The molecule has 0 unspecified atom stereocenters. The summed E-state index contributed by atoms with van der Waals surface area (Å²) in [5, 5.41) is 3.22. The first kappa shape index (κ1) is 16.6. The minimum Gasteiger partial charge on any atom is -0.481 e. The van der Waals surface area contributed by atoms with E-state index in [1.54, 1.807) is 19.1 Å². The van der Waals surface area contributed by atoms with Crippen LogP contribution in [0, 0.1) is 5.41 Å². The number of ether oxygens (including phenoxy) is 1. The van der Waals surface area contributed by atoms with Crippen LogP contribution in [0.5, 0.6) is 5.75 Å². The standard InChI is InChI=1S/C18H20N2O3S/c1-11(23-12-7-5-4-6-8-12)16(22)20-17-19-13-9-18(2,3)10-14(21)15(13)24-17/h4-8,11H,9-10H2,1-3H3,(H,19,20,22)/t11-/m1/s1. The predicted molar refractivity (Wildman–Crippen MR) is 93.7 cm³/mol. The number of carbonyl (C=O) groups is 2. The number of hydrogen-bond donors (Lipinski definition) is 1. The van der Waals surface area contributed by atoms with E-state index in [2.05, 4.69) is 24.1 Å². The molecule has 126 valence electrons. The molecule has 0 spiro atoms. The second kappa shape index (κ2) is 6.36. The number of benzene rings is 1. The smallest absolute Gasteiger partial charge is 0.266 e. The normalized spacial score (nSPS) is 17.0. The van der Waals surface area contributed by atoms with Gasteiger partial charge in [0.15, 0.2) is 17.0 Å². The van der Waals surface area contributed by atoms with Gasteiger partial charge in [0, 0.05) is 6.42 Å². The van der Waals surface area contributed by atoms with Crippen LogP contribution in [-0.4, -0.2) is 22.8 Å². The Hall–Kier alpha value is -2.21. The van der Waals surface area contributed by atoms with E-state index < -0.39 is 6.10 Å². The first-order chi connectivity index (χ1) is 11.3. The lowest BCUT2D eigenvalue weighted by atomic mass is 9.78. The van der Waals surface area contributed by atoms with E-state index in [-0.39, 0.29) is 17.1 Å². The van der Waals surface area contributed by atoms with Gasteiger partial charge < -0.3 is 4.74 Å². The molecule has 1 amide bonds. The van der Waals surface area contributed by atoms with Crippen LogP contribution in [0.1, 0.15) is 42.6 Å². The summed E-state index contributed by atoms with van der Waals surface area (Å²) in [5.74, 6) is 0.458. The molecule has 0 bridgehead atoms. The van der Waals surface area contributed by atoms with Gasteiger partial charge in [0.1, 0.15) is 5.75 Å². The fourth-order valence-corrected chi connectivity index (χ4v) is 3.66. The van der Waals surface area contributed by atoms with E-state index in [1.807, 2.05) is 18.2 Å². The van der Waals surface area contributed by atoms with Crippen molar-refractivity contribution in [3.63, 3.8) is 0 Å². The van der Waals surface area contributed by atoms with Crippen LogP contribution in [0.15, 0.2) is 30.3 Å². The van der Waals surface area contributed by atoms with Crippen LogP contribution in [0.25, 0.3) is 0 Å². The molecular formula is C18H20N2O3S. The van der Waals surface area contributed by atoms with E-state index >= 15 is 0 Å². The lowest BCUT2D eigenvalue weighted by molar-refractivity contribution is -0.122. The lowest BCUT2D eigenvalue weighted by Gasteiger charge is -2.26. The number of rotatable bonds is 4. The number of fused-ring (bicyclic) bond motifs is 1. The average molecular weight is 344 g/mol. The maximum atomic E-state index is 12.3. The second-order valence-corrected chi connectivity index (χ2v) is 7.80. The maximum Gasteiger partial charge on any atom is 0.266 e. The van der Waals surface area contributed by atoms with Crippen molar-refractivity contribution >= 4 is 28.2 Å². The zero-order valence-corrected chi connectivity index (χ0v) is 14.8. The summed E-state index contributed by atoms with van der Waals surface area (Å²) in [6, 6.07) is 9.18. The number of carbonyl (C=O) groups excluding carboxylic acids is 2. The van der Waals surface area contributed by atoms with Crippen LogP contribution in [0.3, 0.4) is 0 Å². The molecular weight excluding hydrogens is 324 g/mol. The predicted octanol–water partition coefficient (Wildman–Crippen LogP) is 3.70. The molecule has 1 atom stereocenters. The Labute approximate surface area is 145 Å². The summed E-state index contributed by atoms with van der Waals surface area (Å²) in [7, 11) is 0. The first-order valence-electron chi connectivity index (χ1n) is 7.89. The van der Waals surface area contributed by atoms with Gasteiger partial charge in [-0.25, -0.2) is 4.98 Å². The summed E-state index contributed by atoms with van der Waals surface area (Å²) < 4.78 is 5.60. The molecule has 0 saturated carbocycles. The molecule has 24 heavy (non-hydrogen) atoms. The number of aromatic nitrogens is 1. The third-order valence-corrected chi connectivity index (χ3v) is 4.95. The van der Waals surface area contributed by atoms with E-state index in [4.69, 9.17) is 4.74 Å². The Morgan fingerprint density at radius 1 is 1.29 bits per heavy atom. The van der Waals surface area contributed by atoms with Gasteiger partial charge >= 0.3 is 0 Å². The Morgan fingerprint density at radius 3 is 2.71 bits per heavy atom. The van der Waals surface area contributed by atoms with Crippen molar-refractivity contribution in [3.8, 4) is 5.75 Å².